The van der Waals surface area contributed by atoms with E-state index < -0.39 is 10.0 Å². The molecular formula is C19H25ClN4O2S. The standard InChI is InChI=1S/C19H25ClN4O2S/c1-23-14-21-22-18(23)17-11-24(13-19(17)9-3-2-4-10-19)27(25,26)12-15-5-7-16(20)8-6-15/h5-8,14,17H,2-4,9-13H2,1H3. The van der Waals surface area contributed by atoms with Crippen molar-refractivity contribution in [2.24, 2.45) is 12.5 Å². The average molecular weight is 409 g/mol. The van der Waals surface area contributed by atoms with Crippen molar-refractivity contribution in [2.45, 2.75) is 43.8 Å². The Morgan fingerprint density at radius 2 is 1.89 bits per heavy atom. The number of aryl methyl sites for hydroxylation is 1. The Bertz CT molecular complexity index is 904. The molecule has 2 fully saturated rings. The van der Waals surface area contributed by atoms with E-state index in [1.54, 1.807) is 34.9 Å². The average Bonchev–Trinajstić information content (AvgIpc) is 3.21. The lowest BCUT2D eigenvalue weighted by molar-refractivity contribution is 0.177. The summed E-state index contributed by atoms with van der Waals surface area (Å²) in [6, 6.07) is 7.04. The zero-order valence-corrected chi connectivity index (χ0v) is 17.1. The molecule has 1 aromatic heterocycles. The fraction of sp³-hybridized carbons (Fsp3) is 0.579. The van der Waals surface area contributed by atoms with Gasteiger partial charge in [0.2, 0.25) is 10.0 Å². The van der Waals surface area contributed by atoms with E-state index in [1.165, 1.54) is 6.42 Å². The highest BCUT2D eigenvalue weighted by molar-refractivity contribution is 7.88. The summed E-state index contributed by atoms with van der Waals surface area (Å²) in [7, 11) is -1.46. The van der Waals surface area contributed by atoms with E-state index in [2.05, 4.69) is 10.2 Å². The Balaban J connectivity index is 1.62. The van der Waals surface area contributed by atoms with Gasteiger partial charge in [0, 0.05) is 31.1 Å². The fourth-order valence-electron chi connectivity index (χ4n) is 4.74. The van der Waals surface area contributed by atoms with Gasteiger partial charge in [-0.05, 0) is 36.0 Å². The third kappa shape index (κ3) is 3.65. The van der Waals surface area contributed by atoms with Crippen LogP contribution in [0, 0.1) is 5.41 Å². The summed E-state index contributed by atoms with van der Waals surface area (Å²) in [5.74, 6) is 1.01. The van der Waals surface area contributed by atoms with Gasteiger partial charge < -0.3 is 4.57 Å². The van der Waals surface area contributed by atoms with Gasteiger partial charge in [-0.15, -0.1) is 10.2 Å². The summed E-state index contributed by atoms with van der Waals surface area (Å²) in [6.07, 6.45) is 7.34. The minimum absolute atomic E-state index is 0.00574. The number of halogens is 1. The van der Waals surface area contributed by atoms with Gasteiger partial charge in [-0.1, -0.05) is 43.0 Å². The minimum Gasteiger partial charge on any atom is -0.320 e. The monoisotopic (exact) mass is 408 g/mol. The second-order valence-electron chi connectivity index (χ2n) is 7.95. The zero-order valence-electron chi connectivity index (χ0n) is 15.5. The molecule has 27 heavy (non-hydrogen) atoms. The van der Waals surface area contributed by atoms with E-state index in [4.69, 9.17) is 11.6 Å². The van der Waals surface area contributed by atoms with Gasteiger partial charge in [0.25, 0.3) is 0 Å². The highest BCUT2D eigenvalue weighted by atomic mass is 35.5. The van der Waals surface area contributed by atoms with Gasteiger partial charge in [0.05, 0.1) is 5.75 Å². The molecule has 8 heteroatoms. The van der Waals surface area contributed by atoms with Gasteiger partial charge in [-0.25, -0.2) is 12.7 Å². The molecule has 4 rings (SSSR count). The first-order chi connectivity index (χ1) is 12.9. The van der Waals surface area contributed by atoms with Gasteiger partial charge >= 0.3 is 0 Å². The lowest BCUT2D eigenvalue weighted by Gasteiger charge is -2.37. The van der Waals surface area contributed by atoms with Crippen LogP contribution < -0.4 is 0 Å². The van der Waals surface area contributed by atoms with E-state index in [0.717, 1.165) is 37.1 Å². The van der Waals surface area contributed by atoms with Crippen molar-refractivity contribution in [3.63, 3.8) is 0 Å². The van der Waals surface area contributed by atoms with Crippen LogP contribution in [0.3, 0.4) is 0 Å². The summed E-state index contributed by atoms with van der Waals surface area (Å²) in [6.45, 7) is 1.07. The Labute approximate surface area is 165 Å². The molecule has 6 nitrogen and oxygen atoms in total. The molecule has 0 N–H and O–H groups in total. The molecule has 1 atom stereocenters. The van der Waals surface area contributed by atoms with Crippen molar-refractivity contribution < 1.29 is 8.42 Å². The Morgan fingerprint density at radius 1 is 1.19 bits per heavy atom. The second-order valence-corrected chi connectivity index (χ2v) is 10.4. The van der Waals surface area contributed by atoms with Crippen molar-refractivity contribution in [3.05, 3.63) is 47.0 Å². The Morgan fingerprint density at radius 3 is 2.52 bits per heavy atom. The maximum absolute atomic E-state index is 13.2. The van der Waals surface area contributed by atoms with Crippen LogP contribution in [0.15, 0.2) is 30.6 Å². The highest BCUT2D eigenvalue weighted by Crippen LogP contribution is 2.52. The molecule has 2 aromatic rings. The zero-order chi connectivity index (χ0) is 19.1. The molecule has 1 saturated heterocycles. The molecular weight excluding hydrogens is 384 g/mol. The summed E-state index contributed by atoms with van der Waals surface area (Å²) in [5.41, 5.74) is 0.741. The maximum Gasteiger partial charge on any atom is 0.218 e. The van der Waals surface area contributed by atoms with Crippen molar-refractivity contribution in [1.82, 2.24) is 19.1 Å². The first-order valence-electron chi connectivity index (χ1n) is 9.46. The number of aromatic nitrogens is 3. The lowest BCUT2D eigenvalue weighted by Crippen LogP contribution is -2.35. The quantitative estimate of drug-likeness (QED) is 0.777. The maximum atomic E-state index is 13.2. The molecule has 1 aromatic carbocycles. The molecule has 0 bridgehead atoms. The molecule has 146 valence electrons. The predicted molar refractivity (Wildman–Crippen MR) is 105 cm³/mol. The van der Waals surface area contributed by atoms with Crippen molar-refractivity contribution in [3.8, 4) is 0 Å². The van der Waals surface area contributed by atoms with Gasteiger partial charge in [-0.3, -0.25) is 0 Å². The minimum atomic E-state index is -3.41. The summed E-state index contributed by atoms with van der Waals surface area (Å²) in [4.78, 5) is 0. The molecule has 1 aliphatic carbocycles. The van der Waals surface area contributed by atoms with E-state index in [0.29, 0.717) is 18.1 Å². The SMILES string of the molecule is Cn1cnnc1C1CN(S(=O)(=O)Cc2ccc(Cl)cc2)CC12CCCCC2. The third-order valence-electron chi connectivity index (χ3n) is 6.18. The number of sulfonamides is 1. The Hall–Kier alpha value is -1.44. The Kier molecular flexibility index (Phi) is 5.03. The molecule has 1 saturated carbocycles. The van der Waals surface area contributed by atoms with Crippen molar-refractivity contribution in [1.29, 1.82) is 0 Å². The first-order valence-corrected chi connectivity index (χ1v) is 11.4. The van der Waals surface area contributed by atoms with Crippen LogP contribution in [-0.4, -0.2) is 40.6 Å². The normalized spacial score (nSPS) is 23.1. The molecule has 0 amide bonds. The van der Waals surface area contributed by atoms with Gasteiger partial charge in [0.1, 0.15) is 12.2 Å². The van der Waals surface area contributed by atoms with Gasteiger partial charge in [-0.2, -0.15) is 0 Å². The van der Waals surface area contributed by atoms with Crippen molar-refractivity contribution >= 4 is 21.6 Å². The van der Waals surface area contributed by atoms with Crippen LogP contribution in [-0.2, 0) is 22.8 Å². The van der Waals surface area contributed by atoms with Gasteiger partial charge in [0.15, 0.2) is 0 Å². The first kappa shape index (κ1) is 18.9. The van der Waals surface area contributed by atoms with Crippen LogP contribution in [0.5, 0.6) is 0 Å². The largest absolute Gasteiger partial charge is 0.320 e. The lowest BCUT2D eigenvalue weighted by atomic mass is 9.67. The molecule has 2 aliphatic rings. The molecule has 1 spiro atoms. The topological polar surface area (TPSA) is 68.1 Å². The molecule has 1 unspecified atom stereocenters. The predicted octanol–water partition coefficient (Wildman–Crippen LogP) is 3.35. The molecule has 1 aliphatic heterocycles. The highest BCUT2D eigenvalue weighted by Gasteiger charge is 2.51. The van der Waals surface area contributed by atoms with E-state index in [-0.39, 0.29) is 17.1 Å². The van der Waals surface area contributed by atoms with Crippen LogP contribution in [0.4, 0.5) is 0 Å². The van der Waals surface area contributed by atoms with E-state index in [9.17, 15) is 8.42 Å². The second kappa shape index (κ2) is 7.18. The van der Waals surface area contributed by atoms with Crippen LogP contribution in [0.1, 0.15) is 49.4 Å². The smallest absolute Gasteiger partial charge is 0.218 e. The number of rotatable bonds is 4. The van der Waals surface area contributed by atoms with Crippen molar-refractivity contribution in [2.75, 3.05) is 13.1 Å². The molecule has 2 heterocycles. The summed E-state index contributed by atoms with van der Waals surface area (Å²) < 4.78 is 30.0. The number of hydrogen-bond donors (Lipinski definition) is 0. The number of nitrogens with zero attached hydrogens (tertiary/aromatic N) is 4. The van der Waals surface area contributed by atoms with Crippen LogP contribution in [0.25, 0.3) is 0 Å². The summed E-state index contributed by atoms with van der Waals surface area (Å²) >= 11 is 5.92. The third-order valence-corrected chi connectivity index (χ3v) is 8.19. The van der Waals surface area contributed by atoms with E-state index >= 15 is 0 Å². The number of benzene rings is 1. The van der Waals surface area contributed by atoms with E-state index in [1.807, 2.05) is 11.6 Å². The fourth-order valence-corrected chi connectivity index (χ4v) is 6.50. The van der Waals surface area contributed by atoms with Crippen LogP contribution in [0.2, 0.25) is 5.02 Å². The summed E-state index contributed by atoms with van der Waals surface area (Å²) in [5, 5.41) is 8.99. The number of hydrogen-bond acceptors (Lipinski definition) is 4. The molecule has 0 radical (unpaired) electrons. The van der Waals surface area contributed by atoms with Crippen LogP contribution >= 0.6 is 11.6 Å².